The van der Waals surface area contributed by atoms with E-state index in [1.807, 2.05) is 48.9 Å². The van der Waals surface area contributed by atoms with Crippen LogP contribution >= 0.6 is 23.2 Å². The van der Waals surface area contributed by atoms with Crippen LogP contribution in [0.2, 0.25) is 10.0 Å². The van der Waals surface area contributed by atoms with Gasteiger partial charge in [0.25, 0.3) is 0 Å². The lowest BCUT2D eigenvalue weighted by Crippen LogP contribution is -2.32. The Kier molecular flexibility index (Phi) is 5.73. The van der Waals surface area contributed by atoms with Crippen LogP contribution in [-0.2, 0) is 4.79 Å². The Balaban J connectivity index is 1.78. The van der Waals surface area contributed by atoms with Gasteiger partial charge in [-0.15, -0.1) is 0 Å². The number of amides is 1. The Labute approximate surface area is 168 Å². The molecule has 1 amide bonds. The molecule has 2 N–H and O–H groups in total. The quantitative estimate of drug-likeness (QED) is 0.613. The number of aryl methyl sites for hydroxylation is 1. The summed E-state index contributed by atoms with van der Waals surface area (Å²) in [7, 11) is 0. The van der Waals surface area contributed by atoms with Crippen molar-refractivity contribution in [3.63, 3.8) is 0 Å². The predicted molar refractivity (Wildman–Crippen MR) is 111 cm³/mol. The second-order valence-electron chi connectivity index (χ2n) is 6.27. The van der Waals surface area contributed by atoms with Crippen LogP contribution in [0.15, 0.2) is 48.5 Å². The van der Waals surface area contributed by atoms with Gasteiger partial charge in [-0.2, -0.15) is 5.10 Å². The second-order valence-corrected chi connectivity index (χ2v) is 7.12. The first kappa shape index (κ1) is 19.3. The summed E-state index contributed by atoms with van der Waals surface area (Å²) in [6.07, 6.45) is 0. The standard InChI is InChI=1S/C20H20Cl2N4O/c1-12-19(14(3)26(25-12)16-7-5-4-6-8-16)23-13(2)20(27)24-18-11-15(21)9-10-17(18)22/h4-11,13,23H,1-3H3,(H,24,27). The SMILES string of the molecule is Cc1nn(-c2ccccc2)c(C)c1NC(C)C(=O)Nc1cc(Cl)ccc1Cl. The number of hydrogen-bond donors (Lipinski definition) is 2. The van der Waals surface area contributed by atoms with Crippen molar-refractivity contribution in [2.24, 2.45) is 0 Å². The Morgan fingerprint density at radius 3 is 2.52 bits per heavy atom. The minimum absolute atomic E-state index is 0.217. The largest absolute Gasteiger partial charge is 0.371 e. The molecule has 2 aromatic carbocycles. The molecule has 0 bridgehead atoms. The number of hydrogen-bond acceptors (Lipinski definition) is 3. The van der Waals surface area contributed by atoms with Gasteiger partial charge in [-0.1, -0.05) is 41.4 Å². The monoisotopic (exact) mass is 402 g/mol. The van der Waals surface area contributed by atoms with Crippen molar-refractivity contribution in [2.75, 3.05) is 10.6 Å². The number of anilines is 2. The van der Waals surface area contributed by atoms with Crippen molar-refractivity contribution in [3.8, 4) is 5.69 Å². The highest BCUT2D eigenvalue weighted by molar-refractivity contribution is 6.35. The highest BCUT2D eigenvalue weighted by Crippen LogP contribution is 2.27. The number of rotatable bonds is 5. The zero-order valence-electron chi connectivity index (χ0n) is 15.3. The summed E-state index contributed by atoms with van der Waals surface area (Å²) in [6, 6.07) is 14.3. The molecule has 0 saturated carbocycles. The van der Waals surface area contributed by atoms with Crippen molar-refractivity contribution < 1.29 is 4.79 Å². The number of nitrogens with zero attached hydrogens (tertiary/aromatic N) is 2. The van der Waals surface area contributed by atoms with Crippen LogP contribution in [-0.4, -0.2) is 21.7 Å². The third kappa shape index (κ3) is 4.26. The van der Waals surface area contributed by atoms with E-state index in [4.69, 9.17) is 23.2 Å². The van der Waals surface area contributed by atoms with Gasteiger partial charge >= 0.3 is 0 Å². The number of carbonyl (C=O) groups excluding carboxylic acids is 1. The van der Waals surface area contributed by atoms with Crippen LogP contribution in [0.25, 0.3) is 5.69 Å². The molecule has 27 heavy (non-hydrogen) atoms. The predicted octanol–water partition coefficient (Wildman–Crippen LogP) is 5.24. The Morgan fingerprint density at radius 1 is 1.11 bits per heavy atom. The van der Waals surface area contributed by atoms with Crippen molar-refractivity contribution >= 4 is 40.5 Å². The van der Waals surface area contributed by atoms with Crippen LogP contribution in [0.4, 0.5) is 11.4 Å². The van der Waals surface area contributed by atoms with Crippen LogP contribution in [0, 0.1) is 13.8 Å². The van der Waals surface area contributed by atoms with Crippen molar-refractivity contribution in [1.82, 2.24) is 9.78 Å². The molecule has 7 heteroatoms. The van der Waals surface area contributed by atoms with E-state index in [1.54, 1.807) is 25.1 Å². The van der Waals surface area contributed by atoms with Crippen LogP contribution in [0.3, 0.4) is 0 Å². The van der Waals surface area contributed by atoms with Crippen LogP contribution in [0.1, 0.15) is 18.3 Å². The third-order valence-electron chi connectivity index (χ3n) is 4.23. The van der Waals surface area contributed by atoms with Crippen molar-refractivity contribution in [2.45, 2.75) is 26.8 Å². The van der Waals surface area contributed by atoms with Gasteiger partial charge in [0.1, 0.15) is 6.04 Å². The molecule has 5 nitrogen and oxygen atoms in total. The fourth-order valence-corrected chi connectivity index (χ4v) is 3.13. The summed E-state index contributed by atoms with van der Waals surface area (Å²) in [4.78, 5) is 12.6. The molecule has 1 unspecified atom stereocenters. The number of halogens is 2. The minimum atomic E-state index is -0.495. The van der Waals surface area contributed by atoms with E-state index in [0.29, 0.717) is 15.7 Å². The van der Waals surface area contributed by atoms with E-state index >= 15 is 0 Å². The van der Waals surface area contributed by atoms with Crippen molar-refractivity contribution in [3.05, 3.63) is 70.0 Å². The Morgan fingerprint density at radius 2 is 1.81 bits per heavy atom. The number of benzene rings is 2. The molecule has 0 saturated heterocycles. The maximum absolute atomic E-state index is 12.6. The molecule has 0 aliphatic rings. The number of para-hydroxylation sites is 1. The fourth-order valence-electron chi connectivity index (χ4n) is 2.79. The summed E-state index contributed by atoms with van der Waals surface area (Å²) >= 11 is 12.1. The maximum atomic E-state index is 12.6. The normalized spacial score (nSPS) is 11.9. The van der Waals surface area contributed by atoms with Crippen molar-refractivity contribution in [1.29, 1.82) is 0 Å². The highest BCUT2D eigenvalue weighted by Gasteiger charge is 2.19. The van der Waals surface area contributed by atoms with Gasteiger partial charge in [-0.3, -0.25) is 4.79 Å². The molecule has 140 valence electrons. The molecule has 1 aromatic heterocycles. The highest BCUT2D eigenvalue weighted by atomic mass is 35.5. The second kappa shape index (κ2) is 8.03. The number of aromatic nitrogens is 2. The average molecular weight is 403 g/mol. The molecular weight excluding hydrogens is 383 g/mol. The maximum Gasteiger partial charge on any atom is 0.246 e. The third-order valence-corrected chi connectivity index (χ3v) is 4.80. The Hall–Kier alpha value is -2.50. The van der Waals surface area contributed by atoms with Gasteiger partial charge in [-0.25, -0.2) is 4.68 Å². The molecule has 1 atom stereocenters. The minimum Gasteiger partial charge on any atom is -0.371 e. The van der Waals surface area contributed by atoms with Gasteiger partial charge in [0.2, 0.25) is 5.91 Å². The van der Waals surface area contributed by atoms with E-state index in [0.717, 1.165) is 22.8 Å². The van der Waals surface area contributed by atoms with Gasteiger partial charge < -0.3 is 10.6 Å². The van der Waals surface area contributed by atoms with Gasteiger partial charge in [0.05, 0.1) is 33.5 Å². The first-order valence-electron chi connectivity index (χ1n) is 8.51. The molecule has 0 radical (unpaired) electrons. The molecular formula is C20H20Cl2N4O. The molecule has 0 aliphatic carbocycles. The molecule has 0 spiro atoms. The fraction of sp³-hybridized carbons (Fsp3) is 0.200. The summed E-state index contributed by atoms with van der Waals surface area (Å²) in [6.45, 7) is 5.66. The smallest absolute Gasteiger partial charge is 0.246 e. The Bertz CT molecular complexity index is 970. The van der Waals surface area contributed by atoms with Gasteiger partial charge in [0.15, 0.2) is 0 Å². The van der Waals surface area contributed by atoms with Crippen LogP contribution in [0.5, 0.6) is 0 Å². The first-order chi connectivity index (χ1) is 12.9. The average Bonchev–Trinajstić information content (AvgIpc) is 2.93. The van der Waals surface area contributed by atoms with E-state index in [-0.39, 0.29) is 5.91 Å². The lowest BCUT2D eigenvalue weighted by Gasteiger charge is -2.16. The van der Waals surface area contributed by atoms with Gasteiger partial charge in [0, 0.05) is 5.02 Å². The molecule has 1 heterocycles. The summed E-state index contributed by atoms with van der Waals surface area (Å²) in [5.74, 6) is -0.217. The molecule has 0 aliphatic heterocycles. The van der Waals surface area contributed by atoms with E-state index in [1.165, 1.54) is 0 Å². The van der Waals surface area contributed by atoms with E-state index in [9.17, 15) is 4.79 Å². The zero-order valence-corrected chi connectivity index (χ0v) is 16.8. The summed E-state index contributed by atoms with van der Waals surface area (Å²) in [5.41, 5.74) is 4.03. The lowest BCUT2D eigenvalue weighted by molar-refractivity contribution is -0.116. The number of nitrogens with one attached hydrogen (secondary N) is 2. The first-order valence-corrected chi connectivity index (χ1v) is 9.26. The van der Waals surface area contributed by atoms with E-state index < -0.39 is 6.04 Å². The molecule has 3 aromatic rings. The van der Waals surface area contributed by atoms with Gasteiger partial charge in [-0.05, 0) is 51.1 Å². The summed E-state index contributed by atoms with van der Waals surface area (Å²) < 4.78 is 1.86. The zero-order chi connectivity index (χ0) is 19.6. The topological polar surface area (TPSA) is 59.0 Å². The molecule has 3 rings (SSSR count). The molecule has 0 fully saturated rings. The number of carbonyl (C=O) groups is 1. The van der Waals surface area contributed by atoms with Crippen LogP contribution < -0.4 is 10.6 Å². The summed E-state index contributed by atoms with van der Waals surface area (Å²) in [5, 5.41) is 11.6. The lowest BCUT2D eigenvalue weighted by atomic mass is 10.2. The van der Waals surface area contributed by atoms with E-state index in [2.05, 4.69) is 15.7 Å².